The van der Waals surface area contributed by atoms with Crippen LogP contribution in [0, 0.1) is 0 Å². The largest absolute Gasteiger partial charge is 0.804 e. The van der Waals surface area contributed by atoms with Crippen LogP contribution in [0.4, 0.5) is 0 Å². The van der Waals surface area contributed by atoms with E-state index in [0.29, 0.717) is 0 Å². The second-order valence-corrected chi connectivity index (χ2v) is 5.65. The fourth-order valence-corrected chi connectivity index (χ4v) is 2.63. The molecule has 124 valence electrons. The van der Waals surface area contributed by atoms with Crippen LogP contribution in [0.25, 0.3) is 0 Å². The Kier molecular flexibility index (Phi) is 13.7. The summed E-state index contributed by atoms with van der Waals surface area (Å²) in [7, 11) is -2.14. The smallest absolute Gasteiger partial charge is 0.227 e. The van der Waals surface area contributed by atoms with Crippen molar-refractivity contribution < 1.29 is 13.6 Å². The zero-order valence-electron chi connectivity index (χ0n) is 14.4. The van der Waals surface area contributed by atoms with E-state index < -0.39 is 8.25 Å². The second kappa shape index (κ2) is 14.6. The van der Waals surface area contributed by atoms with Crippen LogP contribution in [0.5, 0.6) is 0 Å². The van der Waals surface area contributed by atoms with E-state index in [9.17, 15) is 4.57 Å². The highest BCUT2D eigenvalue weighted by Crippen LogP contribution is 2.34. The lowest BCUT2D eigenvalue weighted by Crippen LogP contribution is -1.90. The molecule has 0 rings (SSSR count). The van der Waals surface area contributed by atoms with Crippen molar-refractivity contribution in [1.82, 2.24) is 0 Å². The van der Waals surface area contributed by atoms with E-state index in [4.69, 9.17) is 9.05 Å². The molecule has 4 heteroatoms. The molecule has 0 saturated heterocycles. The van der Waals surface area contributed by atoms with Gasteiger partial charge in [0.1, 0.15) is 0 Å². The maximum Gasteiger partial charge on any atom is 0.804 e. The maximum atomic E-state index is 12.0. The van der Waals surface area contributed by atoms with Crippen molar-refractivity contribution in [2.75, 3.05) is 0 Å². The van der Waals surface area contributed by atoms with Gasteiger partial charge in [0, 0.05) is 17.4 Å². The van der Waals surface area contributed by atoms with E-state index in [0.717, 1.165) is 50.0 Å². The third-order valence-electron chi connectivity index (χ3n) is 3.09. The average molecular weight is 325 g/mol. The monoisotopic (exact) mass is 325 g/mol. The molecule has 3 nitrogen and oxygen atoms in total. The fourth-order valence-electron chi connectivity index (χ4n) is 1.82. The molecular weight excluding hydrogens is 295 g/mol. The van der Waals surface area contributed by atoms with Crippen molar-refractivity contribution >= 4 is 8.25 Å². The molecule has 22 heavy (non-hydrogen) atoms. The Balaban J connectivity index is 4.16. The molecule has 0 spiro atoms. The summed E-state index contributed by atoms with van der Waals surface area (Å²) >= 11 is 0. The van der Waals surface area contributed by atoms with Crippen LogP contribution in [0.2, 0.25) is 0 Å². The number of unbranched alkanes of at least 4 members (excludes halogenated alkanes) is 2. The van der Waals surface area contributed by atoms with Gasteiger partial charge in [-0.3, -0.25) is 0 Å². The third-order valence-corrected chi connectivity index (χ3v) is 3.85. The van der Waals surface area contributed by atoms with Gasteiger partial charge in [0.15, 0.2) is 11.5 Å². The Morgan fingerprint density at radius 3 is 1.55 bits per heavy atom. The number of rotatable bonds is 12. The first kappa shape index (κ1) is 20.7. The second-order valence-electron chi connectivity index (χ2n) is 4.84. The molecular formula is C18H30O3P+. The molecule has 0 heterocycles. The van der Waals surface area contributed by atoms with Crippen LogP contribution in [-0.4, -0.2) is 0 Å². The molecule has 0 bridgehead atoms. The van der Waals surface area contributed by atoms with Crippen molar-refractivity contribution in [2.24, 2.45) is 0 Å². The van der Waals surface area contributed by atoms with E-state index in [1.165, 1.54) is 0 Å². The van der Waals surface area contributed by atoms with Crippen molar-refractivity contribution in [3.05, 3.63) is 48.0 Å². The number of allylic oxidation sites excluding steroid dienone is 8. The normalized spacial score (nSPS) is 13.9. The van der Waals surface area contributed by atoms with Gasteiger partial charge in [0.2, 0.25) is 0 Å². The topological polar surface area (TPSA) is 35.5 Å². The molecule has 0 unspecified atom stereocenters. The van der Waals surface area contributed by atoms with Crippen molar-refractivity contribution in [1.29, 1.82) is 0 Å². The minimum absolute atomic E-state index is 0.731. The molecule has 0 N–H and O–H groups in total. The average Bonchev–Trinajstić information content (AvgIpc) is 2.53. The Labute approximate surface area is 136 Å². The Morgan fingerprint density at radius 2 is 1.23 bits per heavy atom. The summed E-state index contributed by atoms with van der Waals surface area (Å²) in [5.41, 5.74) is 0. The van der Waals surface area contributed by atoms with Gasteiger partial charge < -0.3 is 0 Å². The quantitative estimate of drug-likeness (QED) is 0.168. The van der Waals surface area contributed by atoms with Gasteiger partial charge in [0.05, 0.1) is 0 Å². The molecule has 0 aromatic rings. The first-order chi connectivity index (χ1) is 10.7. The van der Waals surface area contributed by atoms with E-state index in [-0.39, 0.29) is 0 Å². The molecule has 0 aliphatic rings. The summed E-state index contributed by atoms with van der Waals surface area (Å²) < 4.78 is 22.8. The van der Waals surface area contributed by atoms with Gasteiger partial charge in [-0.2, -0.15) is 0 Å². The minimum atomic E-state index is -2.14. The Hall–Kier alpha value is -1.34. The lowest BCUT2D eigenvalue weighted by Gasteiger charge is -2.01. The van der Waals surface area contributed by atoms with Crippen LogP contribution < -0.4 is 0 Å². The standard InChI is InChI=1S/C18H30O3P/c1-5-9-11-13-15-17(7-3)20-22(19)21-18(8-4)16-14-12-10-6-2/h5-10H,11-16H2,1-4H3/q+1. The number of hydrogen-bond donors (Lipinski definition) is 0. The van der Waals surface area contributed by atoms with E-state index in [1.807, 2.05) is 52.0 Å². The Morgan fingerprint density at radius 1 is 0.818 bits per heavy atom. The molecule has 0 aliphatic heterocycles. The first-order valence-electron chi connectivity index (χ1n) is 8.03. The highest BCUT2D eigenvalue weighted by Gasteiger charge is 2.25. The lowest BCUT2D eigenvalue weighted by molar-refractivity contribution is 0.298. The van der Waals surface area contributed by atoms with Gasteiger partial charge in [-0.05, 0) is 65.5 Å². The van der Waals surface area contributed by atoms with Crippen LogP contribution in [0.3, 0.4) is 0 Å². The summed E-state index contributed by atoms with van der Waals surface area (Å²) in [5.74, 6) is 1.46. The van der Waals surface area contributed by atoms with E-state index >= 15 is 0 Å². The summed E-state index contributed by atoms with van der Waals surface area (Å²) in [4.78, 5) is 0. The SMILES string of the molecule is CC=CCCCC(=CC)O[P+](=O)OC(=CC)CCCC=CC. The van der Waals surface area contributed by atoms with Gasteiger partial charge in [0.25, 0.3) is 0 Å². The van der Waals surface area contributed by atoms with Crippen molar-refractivity contribution in [2.45, 2.75) is 66.2 Å². The van der Waals surface area contributed by atoms with Gasteiger partial charge in [-0.15, -0.1) is 0 Å². The van der Waals surface area contributed by atoms with Gasteiger partial charge >= 0.3 is 8.25 Å². The minimum Gasteiger partial charge on any atom is -0.227 e. The van der Waals surface area contributed by atoms with E-state index in [1.54, 1.807) is 0 Å². The van der Waals surface area contributed by atoms with Gasteiger partial charge in [-0.1, -0.05) is 24.3 Å². The highest BCUT2D eigenvalue weighted by atomic mass is 31.1. The van der Waals surface area contributed by atoms with Crippen LogP contribution in [-0.2, 0) is 13.6 Å². The molecule has 0 atom stereocenters. The van der Waals surface area contributed by atoms with E-state index in [2.05, 4.69) is 12.2 Å². The number of hydrogen-bond acceptors (Lipinski definition) is 3. The van der Waals surface area contributed by atoms with Crippen LogP contribution >= 0.6 is 8.25 Å². The molecule has 0 saturated carbocycles. The molecule has 0 radical (unpaired) electrons. The first-order valence-corrected chi connectivity index (χ1v) is 9.13. The van der Waals surface area contributed by atoms with Gasteiger partial charge in [-0.25, -0.2) is 9.05 Å². The molecule has 0 aliphatic carbocycles. The lowest BCUT2D eigenvalue weighted by atomic mass is 10.2. The summed E-state index contributed by atoms with van der Waals surface area (Å²) in [6.07, 6.45) is 17.5. The summed E-state index contributed by atoms with van der Waals surface area (Å²) in [6.45, 7) is 7.79. The molecule has 0 aromatic carbocycles. The molecule has 0 fully saturated rings. The highest BCUT2D eigenvalue weighted by molar-refractivity contribution is 7.33. The zero-order valence-corrected chi connectivity index (χ0v) is 15.3. The molecule has 0 aromatic heterocycles. The van der Waals surface area contributed by atoms with Crippen LogP contribution in [0.1, 0.15) is 66.2 Å². The fraction of sp³-hybridized carbons (Fsp3) is 0.556. The van der Waals surface area contributed by atoms with Crippen molar-refractivity contribution in [3.8, 4) is 0 Å². The molecule has 0 amide bonds. The van der Waals surface area contributed by atoms with Crippen molar-refractivity contribution in [3.63, 3.8) is 0 Å². The predicted octanol–water partition coefficient (Wildman–Crippen LogP) is 6.98. The third kappa shape index (κ3) is 11.3. The summed E-state index contributed by atoms with van der Waals surface area (Å²) in [5, 5.41) is 0. The Bertz CT molecular complexity index is 382. The maximum absolute atomic E-state index is 12.0. The zero-order chi connectivity index (χ0) is 16.6. The summed E-state index contributed by atoms with van der Waals surface area (Å²) in [6, 6.07) is 0. The van der Waals surface area contributed by atoms with Crippen LogP contribution in [0.15, 0.2) is 48.0 Å². The predicted molar refractivity (Wildman–Crippen MR) is 94.6 cm³/mol.